The van der Waals surface area contributed by atoms with E-state index in [2.05, 4.69) is 35.5 Å². The monoisotopic (exact) mass is 983 g/mol. The number of nitrogens with two attached hydrogens (primary N) is 1. The summed E-state index contributed by atoms with van der Waals surface area (Å²) < 4.78 is 24.4. The van der Waals surface area contributed by atoms with Crippen LogP contribution in [0.25, 0.3) is 33.9 Å². The molecule has 1 aliphatic carbocycles. The van der Waals surface area contributed by atoms with Crippen LogP contribution in [0.4, 0.5) is 5.82 Å². The molecule has 0 unspecified atom stereocenters. The van der Waals surface area contributed by atoms with Gasteiger partial charge in [-0.05, 0) is 78.7 Å². The average Bonchev–Trinajstić information content (AvgIpc) is 4.11. The van der Waals surface area contributed by atoms with Crippen molar-refractivity contribution < 1.29 is 38.5 Å². The number of ether oxygens (including phenoxy) is 3. The van der Waals surface area contributed by atoms with E-state index in [4.69, 9.17) is 24.5 Å². The summed E-state index contributed by atoms with van der Waals surface area (Å²) in [7, 11) is 0. The van der Waals surface area contributed by atoms with E-state index in [0.717, 1.165) is 66.0 Å². The molecule has 4 aromatic heterocycles. The van der Waals surface area contributed by atoms with Crippen LogP contribution < -0.4 is 20.5 Å². The minimum atomic E-state index is -0.831. The summed E-state index contributed by atoms with van der Waals surface area (Å²) in [6, 6.07) is 21.1. The molecule has 1 saturated carbocycles. The molecule has 6 heterocycles. The van der Waals surface area contributed by atoms with E-state index in [1.807, 2.05) is 87.8 Å². The number of nitrogen functional groups attached to an aromatic ring is 1. The SMILES string of the molecule is Cc1ncsc1-c1ccc([C@H](C)NC(=O)[C@@H]2C[C@@H](O)CN2C(=O)[C@@H](c2cc(OCCN3CCC(OC4CC(Oc5cc(/C=C/c6cc(-c7ccccc7O)nnc6N)ccn5)C4)CC3)no2)C(C)C)cc1. The van der Waals surface area contributed by atoms with Crippen LogP contribution in [0.1, 0.15) is 93.0 Å². The van der Waals surface area contributed by atoms with Gasteiger partial charge in [0.25, 0.3) is 5.88 Å². The van der Waals surface area contributed by atoms with Crippen LogP contribution in [0.15, 0.2) is 89.0 Å². The summed E-state index contributed by atoms with van der Waals surface area (Å²) in [5.74, 6) is 0.0783. The number of amides is 2. The van der Waals surface area contributed by atoms with Gasteiger partial charge < -0.3 is 44.9 Å². The molecule has 6 aromatic rings. The number of thiazole rings is 1. The molecule has 71 heavy (non-hydrogen) atoms. The molecule has 372 valence electrons. The van der Waals surface area contributed by atoms with Crippen molar-refractivity contribution in [3.05, 3.63) is 113 Å². The van der Waals surface area contributed by atoms with E-state index in [-0.39, 0.29) is 66.6 Å². The number of carbonyl (C=O) groups excluding carboxylic acids is 2. The predicted octanol–water partition coefficient (Wildman–Crippen LogP) is 7.47. The molecule has 18 heteroatoms. The molecule has 2 saturated heterocycles. The number of anilines is 1. The predicted molar refractivity (Wildman–Crippen MR) is 269 cm³/mol. The Bertz CT molecular complexity index is 2800. The first-order valence-corrected chi connectivity index (χ1v) is 25.2. The number of aromatic nitrogens is 5. The van der Waals surface area contributed by atoms with Crippen molar-refractivity contribution in [2.45, 2.75) is 102 Å². The molecule has 17 nitrogen and oxygen atoms in total. The summed E-state index contributed by atoms with van der Waals surface area (Å²) >= 11 is 1.59. The van der Waals surface area contributed by atoms with Gasteiger partial charge in [0.2, 0.25) is 17.7 Å². The van der Waals surface area contributed by atoms with Crippen LogP contribution in [0.5, 0.6) is 17.5 Å². The quantitative estimate of drug-likeness (QED) is 0.0656. The standard InChI is InChI=1S/C53H61N9O8S/c1-31(2)49(53(66)62-29-38(63)25-44(62)52(65)57-32(3)35-11-13-36(14-12-35)50-33(4)56-30-71-50)46-28-48(60-70-46)67-22-21-61-19-16-39(17-20-61)68-40-26-41(27-40)69-47-23-34(15-18-55-47)9-10-37-24-43(58-59-51(37)54)42-7-5-6-8-45(42)64/h5-15,18,23-24,28,30-32,38-41,44,49,63-64H,16-17,19-22,25-27,29H2,1-4H3,(H2,54,59)(H,57,65)/b10-9+/t32-,38+,40?,41?,44-,49+/m0/s1. The Morgan fingerprint density at radius 2 is 1.73 bits per heavy atom. The number of β-amino-alcohol motifs (C(OH)–C–C–N with tert-alkyl or cyclic N) is 1. The van der Waals surface area contributed by atoms with Crippen molar-refractivity contribution in [1.82, 2.24) is 40.4 Å². The molecule has 0 bridgehead atoms. The largest absolute Gasteiger partial charge is 0.507 e. The van der Waals surface area contributed by atoms with Gasteiger partial charge in [0.05, 0.1) is 46.1 Å². The Hall–Kier alpha value is -6.73. The number of hydrogen-bond donors (Lipinski definition) is 4. The molecular weight excluding hydrogens is 923 g/mol. The van der Waals surface area contributed by atoms with Gasteiger partial charge in [-0.3, -0.25) is 14.5 Å². The fourth-order valence-electron chi connectivity index (χ4n) is 9.47. The Morgan fingerprint density at radius 1 is 0.944 bits per heavy atom. The molecule has 0 radical (unpaired) electrons. The Balaban J connectivity index is 0.690. The maximum absolute atomic E-state index is 14.2. The second kappa shape index (κ2) is 22.1. The number of likely N-dealkylation sites (tertiary alicyclic amines) is 2. The third kappa shape index (κ3) is 11.9. The van der Waals surface area contributed by atoms with E-state index in [9.17, 15) is 19.8 Å². The number of carbonyl (C=O) groups is 2. The molecule has 2 amide bonds. The summed E-state index contributed by atoms with van der Waals surface area (Å²) in [4.78, 5) is 41.6. The number of hydrogen-bond acceptors (Lipinski definition) is 16. The minimum Gasteiger partial charge on any atom is -0.507 e. The molecular formula is C53H61N9O8S. The van der Waals surface area contributed by atoms with E-state index >= 15 is 0 Å². The first-order valence-electron chi connectivity index (χ1n) is 24.3. The van der Waals surface area contributed by atoms with Gasteiger partial charge in [-0.25, -0.2) is 9.97 Å². The molecule has 0 spiro atoms. The van der Waals surface area contributed by atoms with Gasteiger partial charge in [-0.1, -0.05) is 62.4 Å². The van der Waals surface area contributed by atoms with E-state index in [1.54, 1.807) is 47.9 Å². The summed E-state index contributed by atoms with van der Waals surface area (Å²) in [6.45, 7) is 10.6. The Labute approximate surface area is 417 Å². The second-order valence-electron chi connectivity index (χ2n) is 19.0. The van der Waals surface area contributed by atoms with E-state index < -0.39 is 18.1 Å². The zero-order valence-electron chi connectivity index (χ0n) is 40.4. The zero-order chi connectivity index (χ0) is 49.6. The van der Waals surface area contributed by atoms with Gasteiger partial charge in [0.15, 0.2) is 11.6 Å². The maximum Gasteiger partial charge on any atom is 0.254 e. The number of aryl methyl sites for hydroxylation is 1. The van der Waals surface area contributed by atoms with Crippen molar-refractivity contribution in [3.63, 3.8) is 0 Å². The number of para-hydroxylation sites is 1. The smallest absolute Gasteiger partial charge is 0.254 e. The number of rotatable bonds is 18. The first kappa shape index (κ1) is 49.3. The van der Waals surface area contributed by atoms with Crippen molar-refractivity contribution in [3.8, 4) is 39.2 Å². The van der Waals surface area contributed by atoms with Crippen LogP contribution in [-0.2, 0) is 14.3 Å². The van der Waals surface area contributed by atoms with Gasteiger partial charge >= 0.3 is 0 Å². The summed E-state index contributed by atoms with van der Waals surface area (Å²) in [6.07, 6.45) is 8.58. The average molecular weight is 984 g/mol. The molecule has 2 aliphatic heterocycles. The molecule has 3 fully saturated rings. The van der Waals surface area contributed by atoms with Crippen LogP contribution in [0.3, 0.4) is 0 Å². The van der Waals surface area contributed by atoms with Gasteiger partial charge in [-0.15, -0.1) is 21.5 Å². The lowest BCUT2D eigenvalue weighted by Crippen LogP contribution is -2.48. The van der Waals surface area contributed by atoms with Gasteiger partial charge in [0.1, 0.15) is 30.4 Å². The normalized spacial score (nSPS) is 20.5. The van der Waals surface area contributed by atoms with Crippen molar-refractivity contribution in [1.29, 1.82) is 0 Å². The second-order valence-corrected chi connectivity index (χ2v) is 19.9. The fourth-order valence-corrected chi connectivity index (χ4v) is 10.3. The third-order valence-corrected chi connectivity index (χ3v) is 14.5. The van der Waals surface area contributed by atoms with Gasteiger partial charge in [-0.2, -0.15) is 0 Å². The third-order valence-electron chi connectivity index (χ3n) is 13.6. The maximum atomic E-state index is 14.2. The highest BCUT2D eigenvalue weighted by molar-refractivity contribution is 7.13. The fraction of sp³-hybridized carbons (Fsp3) is 0.415. The van der Waals surface area contributed by atoms with E-state index in [1.165, 1.54) is 4.90 Å². The Morgan fingerprint density at radius 3 is 2.48 bits per heavy atom. The number of aromatic hydroxyl groups is 1. The number of pyridine rings is 1. The Kier molecular flexibility index (Phi) is 15.4. The number of phenols is 1. The van der Waals surface area contributed by atoms with Crippen LogP contribution in [0.2, 0.25) is 0 Å². The number of aliphatic hydroxyl groups is 1. The number of piperidine rings is 1. The lowest BCUT2D eigenvalue weighted by Gasteiger charge is -2.39. The lowest BCUT2D eigenvalue weighted by atomic mass is 9.91. The molecule has 9 rings (SSSR count). The number of phenolic OH excluding ortho intramolecular Hbond substituents is 1. The highest BCUT2D eigenvalue weighted by atomic mass is 32.1. The van der Waals surface area contributed by atoms with Crippen LogP contribution in [0, 0.1) is 12.8 Å². The minimum absolute atomic E-state index is 0.0244. The number of nitrogens with one attached hydrogen (secondary N) is 1. The van der Waals surface area contributed by atoms with Crippen LogP contribution >= 0.6 is 11.3 Å². The number of aliphatic hydroxyl groups excluding tert-OH is 1. The molecule has 5 N–H and O–H groups in total. The van der Waals surface area contributed by atoms with Crippen molar-refractivity contribution >= 4 is 41.1 Å². The van der Waals surface area contributed by atoms with Crippen LogP contribution in [-0.4, -0.2) is 120 Å². The molecule has 2 aromatic carbocycles. The molecule has 3 aliphatic rings. The highest BCUT2D eigenvalue weighted by Crippen LogP contribution is 2.35. The number of nitrogens with zero attached hydrogens (tertiary/aromatic N) is 7. The van der Waals surface area contributed by atoms with Gasteiger partial charge in [0, 0.05) is 74.9 Å². The highest BCUT2D eigenvalue weighted by Gasteiger charge is 2.44. The summed E-state index contributed by atoms with van der Waals surface area (Å²) in [5.41, 5.74) is 13.6. The zero-order valence-corrected chi connectivity index (χ0v) is 41.2. The number of benzene rings is 2. The topological polar surface area (TPSA) is 224 Å². The van der Waals surface area contributed by atoms with E-state index in [0.29, 0.717) is 47.5 Å². The summed E-state index contributed by atoms with van der Waals surface area (Å²) in [5, 5.41) is 36.4. The molecule has 4 atom stereocenters. The lowest BCUT2D eigenvalue weighted by molar-refractivity contribution is -0.141. The van der Waals surface area contributed by atoms with Crippen molar-refractivity contribution in [2.24, 2.45) is 5.92 Å². The first-order chi connectivity index (χ1) is 34.3. The van der Waals surface area contributed by atoms with Crippen molar-refractivity contribution in [2.75, 3.05) is 38.5 Å².